The van der Waals surface area contributed by atoms with Crippen LogP contribution in [0.4, 0.5) is 10.1 Å². The molecule has 0 atom stereocenters. The predicted molar refractivity (Wildman–Crippen MR) is 90.4 cm³/mol. The molecule has 0 aliphatic carbocycles. The lowest BCUT2D eigenvalue weighted by molar-refractivity contribution is 0.102. The van der Waals surface area contributed by atoms with Crippen LogP contribution in [0.2, 0.25) is 0 Å². The number of thiazole rings is 1. The molecule has 1 heterocycles. The molecule has 1 aromatic heterocycles. The quantitative estimate of drug-likeness (QED) is 0.782. The van der Waals surface area contributed by atoms with Gasteiger partial charge in [0.25, 0.3) is 5.91 Å². The maximum atomic E-state index is 13.3. The number of benzene rings is 2. The average molecular weight is 337 g/mol. The number of hydrogen-bond acceptors (Lipinski definition) is 4. The number of aromatic nitrogens is 1. The van der Waals surface area contributed by atoms with E-state index in [2.05, 4.69) is 10.3 Å². The molecule has 2 aromatic carbocycles. The Labute approximate surface area is 142 Å². The second kappa shape index (κ2) is 7.02. The molecule has 0 saturated heterocycles. The molecule has 0 radical (unpaired) electrons. The lowest BCUT2D eigenvalue weighted by atomic mass is 10.2. The van der Waals surface area contributed by atoms with E-state index in [1.807, 2.05) is 30.3 Å². The Bertz CT molecular complexity index is 916. The summed E-state index contributed by atoms with van der Waals surface area (Å²) in [6, 6.07) is 15.5. The monoisotopic (exact) mass is 337 g/mol. The molecule has 24 heavy (non-hydrogen) atoms. The molecule has 0 bridgehead atoms. The topological polar surface area (TPSA) is 65.8 Å². The third-order valence-electron chi connectivity index (χ3n) is 3.33. The van der Waals surface area contributed by atoms with E-state index in [9.17, 15) is 9.18 Å². The molecule has 0 unspecified atom stereocenters. The van der Waals surface area contributed by atoms with Gasteiger partial charge < -0.3 is 5.32 Å². The van der Waals surface area contributed by atoms with Gasteiger partial charge in [-0.05, 0) is 23.8 Å². The number of carbonyl (C=O) groups excluding carboxylic acids is 1. The number of nitriles is 1. The lowest BCUT2D eigenvalue weighted by Gasteiger charge is -2.04. The van der Waals surface area contributed by atoms with Gasteiger partial charge in [0.2, 0.25) is 0 Å². The molecule has 0 aliphatic rings. The highest BCUT2D eigenvalue weighted by Crippen LogP contribution is 2.18. The largest absolute Gasteiger partial charge is 0.321 e. The van der Waals surface area contributed by atoms with Gasteiger partial charge in [0.05, 0.1) is 10.6 Å². The fraction of sp³-hybridized carbons (Fsp3) is 0.0556. The van der Waals surface area contributed by atoms with E-state index in [1.54, 1.807) is 11.4 Å². The Balaban J connectivity index is 1.71. The first-order chi connectivity index (χ1) is 11.7. The van der Waals surface area contributed by atoms with Crippen LogP contribution in [0.1, 0.15) is 26.6 Å². The van der Waals surface area contributed by atoms with Crippen LogP contribution in [0, 0.1) is 17.1 Å². The molecule has 0 aliphatic heterocycles. The number of nitrogens with zero attached hydrogens (tertiary/aromatic N) is 2. The lowest BCUT2D eigenvalue weighted by Crippen LogP contribution is -2.12. The van der Waals surface area contributed by atoms with E-state index in [0.717, 1.165) is 16.6 Å². The molecule has 0 spiro atoms. The van der Waals surface area contributed by atoms with Gasteiger partial charge in [-0.2, -0.15) is 5.26 Å². The maximum absolute atomic E-state index is 13.3. The number of carbonyl (C=O) groups is 1. The van der Waals surface area contributed by atoms with Crippen LogP contribution in [0.5, 0.6) is 0 Å². The maximum Gasteiger partial charge on any atom is 0.275 e. The first-order valence-corrected chi connectivity index (χ1v) is 8.03. The molecule has 118 valence electrons. The van der Waals surface area contributed by atoms with Gasteiger partial charge >= 0.3 is 0 Å². The highest BCUT2D eigenvalue weighted by Gasteiger charge is 2.12. The zero-order valence-corrected chi connectivity index (χ0v) is 13.3. The van der Waals surface area contributed by atoms with Crippen LogP contribution in [0.25, 0.3) is 0 Å². The summed E-state index contributed by atoms with van der Waals surface area (Å²) in [5.41, 5.74) is 1.66. The van der Waals surface area contributed by atoms with Gasteiger partial charge in [0, 0.05) is 17.5 Å². The summed E-state index contributed by atoms with van der Waals surface area (Å²) in [5.74, 6) is -1.00. The fourth-order valence-electron chi connectivity index (χ4n) is 2.15. The van der Waals surface area contributed by atoms with Crippen molar-refractivity contribution in [2.75, 3.05) is 5.32 Å². The third-order valence-corrected chi connectivity index (χ3v) is 4.18. The van der Waals surface area contributed by atoms with Crippen molar-refractivity contribution in [3.8, 4) is 6.07 Å². The Hall–Kier alpha value is -3.04. The molecular weight excluding hydrogens is 325 g/mol. The zero-order chi connectivity index (χ0) is 16.9. The van der Waals surface area contributed by atoms with E-state index in [4.69, 9.17) is 5.26 Å². The number of amides is 1. The highest BCUT2D eigenvalue weighted by atomic mass is 32.1. The second-order valence-electron chi connectivity index (χ2n) is 5.05. The highest BCUT2D eigenvalue weighted by molar-refractivity contribution is 7.09. The van der Waals surface area contributed by atoms with Crippen LogP contribution in [-0.4, -0.2) is 10.9 Å². The van der Waals surface area contributed by atoms with Crippen molar-refractivity contribution in [1.82, 2.24) is 4.98 Å². The molecule has 4 nitrogen and oxygen atoms in total. The van der Waals surface area contributed by atoms with Crippen molar-refractivity contribution in [2.24, 2.45) is 0 Å². The molecule has 3 rings (SSSR count). The van der Waals surface area contributed by atoms with Crippen LogP contribution < -0.4 is 5.32 Å². The van der Waals surface area contributed by atoms with Gasteiger partial charge in [0.15, 0.2) is 0 Å². The number of rotatable bonds is 4. The first kappa shape index (κ1) is 15.8. The van der Waals surface area contributed by atoms with Crippen molar-refractivity contribution >= 4 is 22.9 Å². The summed E-state index contributed by atoms with van der Waals surface area (Å²) in [4.78, 5) is 16.5. The predicted octanol–water partition coefficient (Wildman–Crippen LogP) is 4.00. The van der Waals surface area contributed by atoms with E-state index in [1.165, 1.54) is 23.5 Å². The third kappa shape index (κ3) is 3.65. The Kier molecular flexibility index (Phi) is 4.64. The molecule has 3 aromatic rings. The van der Waals surface area contributed by atoms with Gasteiger partial charge in [-0.25, -0.2) is 9.37 Å². The minimum Gasteiger partial charge on any atom is -0.321 e. The van der Waals surface area contributed by atoms with Gasteiger partial charge in [-0.3, -0.25) is 4.79 Å². The average Bonchev–Trinajstić information content (AvgIpc) is 3.06. The Morgan fingerprint density at radius 2 is 2.04 bits per heavy atom. The van der Waals surface area contributed by atoms with Crippen molar-refractivity contribution in [1.29, 1.82) is 5.26 Å². The molecule has 0 saturated carbocycles. The summed E-state index contributed by atoms with van der Waals surface area (Å²) >= 11 is 1.41. The molecule has 1 N–H and O–H groups in total. The number of anilines is 1. The number of hydrogen-bond donors (Lipinski definition) is 1. The smallest absolute Gasteiger partial charge is 0.275 e. The minimum atomic E-state index is -0.616. The van der Waals surface area contributed by atoms with Gasteiger partial charge in [-0.15, -0.1) is 11.3 Å². The molecule has 1 amide bonds. The van der Waals surface area contributed by atoms with E-state index in [0.29, 0.717) is 17.8 Å². The molecule has 0 fully saturated rings. The van der Waals surface area contributed by atoms with E-state index >= 15 is 0 Å². The molecular formula is C18H12FN3OS. The Morgan fingerprint density at radius 3 is 2.79 bits per heavy atom. The first-order valence-electron chi connectivity index (χ1n) is 7.15. The number of halogens is 1. The summed E-state index contributed by atoms with van der Waals surface area (Å²) in [6.45, 7) is 0. The second-order valence-corrected chi connectivity index (χ2v) is 5.99. The number of nitrogens with one attached hydrogen (secondary N) is 1. The van der Waals surface area contributed by atoms with E-state index in [-0.39, 0.29) is 11.5 Å². The van der Waals surface area contributed by atoms with Crippen LogP contribution in [0.15, 0.2) is 53.9 Å². The van der Waals surface area contributed by atoms with Crippen LogP contribution in [0.3, 0.4) is 0 Å². The molecule has 6 heteroatoms. The van der Waals surface area contributed by atoms with E-state index < -0.39 is 5.82 Å². The van der Waals surface area contributed by atoms with Crippen molar-refractivity contribution in [3.63, 3.8) is 0 Å². The normalized spacial score (nSPS) is 10.2. The summed E-state index contributed by atoms with van der Waals surface area (Å²) in [5, 5.41) is 14.0. The fourth-order valence-corrected chi connectivity index (χ4v) is 2.96. The van der Waals surface area contributed by atoms with Crippen molar-refractivity contribution in [2.45, 2.75) is 6.42 Å². The van der Waals surface area contributed by atoms with Gasteiger partial charge in [-0.1, -0.05) is 30.3 Å². The minimum absolute atomic E-state index is 0.115. The zero-order valence-electron chi connectivity index (χ0n) is 12.5. The standard InChI is InChI=1S/C18H12FN3OS/c19-15-7-6-14(9-13(15)10-20)21-18(23)16-11-24-17(22-16)8-12-4-2-1-3-5-12/h1-7,9,11H,8H2,(H,21,23). The van der Waals surface area contributed by atoms with Gasteiger partial charge in [0.1, 0.15) is 17.6 Å². The van der Waals surface area contributed by atoms with Crippen molar-refractivity contribution in [3.05, 3.63) is 81.6 Å². The summed E-state index contributed by atoms with van der Waals surface area (Å²) in [6.07, 6.45) is 0.661. The Morgan fingerprint density at radius 1 is 1.25 bits per heavy atom. The SMILES string of the molecule is N#Cc1cc(NC(=O)c2csc(Cc3ccccc3)n2)ccc1F. The van der Waals surface area contributed by atoms with Crippen LogP contribution in [-0.2, 0) is 6.42 Å². The van der Waals surface area contributed by atoms with Crippen molar-refractivity contribution < 1.29 is 9.18 Å². The van der Waals surface area contributed by atoms with Crippen LogP contribution >= 0.6 is 11.3 Å². The summed E-state index contributed by atoms with van der Waals surface area (Å²) in [7, 11) is 0. The summed E-state index contributed by atoms with van der Waals surface area (Å²) < 4.78 is 13.3.